The van der Waals surface area contributed by atoms with Gasteiger partial charge >= 0.3 is 0 Å². The number of benzene rings is 1. The predicted molar refractivity (Wildman–Crippen MR) is 32.4 cm³/mol. The Morgan fingerprint density at radius 3 is 2.27 bits per heavy atom. The van der Waals surface area contributed by atoms with Gasteiger partial charge in [0, 0.05) is 0 Å². The molecular weight excluding hydrogens is 156 g/mol. The standard InChI is InChI=1S/C6H5F2NO2/c7-4-2-1-3-5(6(4)8)9(10)11/h1-3,10-11H. The Bertz CT molecular complexity index is 265. The molecule has 0 saturated heterocycles. The summed E-state index contributed by atoms with van der Waals surface area (Å²) in [5, 5.41) is 16.1. The zero-order valence-electron chi connectivity index (χ0n) is 5.33. The normalized spacial score (nSPS) is 9.82. The van der Waals surface area contributed by atoms with Gasteiger partial charge in [-0.2, -0.15) is 0 Å². The van der Waals surface area contributed by atoms with Crippen LogP contribution in [0, 0.1) is 11.6 Å². The van der Waals surface area contributed by atoms with Gasteiger partial charge in [0.25, 0.3) is 0 Å². The van der Waals surface area contributed by atoms with Gasteiger partial charge in [0.15, 0.2) is 11.6 Å². The molecule has 0 amide bonds. The summed E-state index contributed by atoms with van der Waals surface area (Å²) in [7, 11) is 0. The second-order valence-corrected chi connectivity index (χ2v) is 1.86. The Balaban J connectivity index is 3.17. The average molecular weight is 161 g/mol. The monoisotopic (exact) mass is 161 g/mol. The molecule has 60 valence electrons. The number of hydrogen-bond acceptors (Lipinski definition) is 3. The van der Waals surface area contributed by atoms with Gasteiger partial charge in [0.2, 0.25) is 0 Å². The van der Waals surface area contributed by atoms with Crippen LogP contribution in [0.4, 0.5) is 14.5 Å². The molecule has 0 heterocycles. The number of anilines is 1. The molecule has 0 saturated carbocycles. The molecule has 2 N–H and O–H groups in total. The summed E-state index contributed by atoms with van der Waals surface area (Å²) < 4.78 is 24.8. The van der Waals surface area contributed by atoms with Crippen LogP contribution in [0.1, 0.15) is 0 Å². The Kier molecular flexibility index (Phi) is 2.02. The Hall–Kier alpha value is -1.20. The molecule has 1 rings (SSSR count). The van der Waals surface area contributed by atoms with Gasteiger partial charge in [-0.05, 0) is 12.1 Å². The van der Waals surface area contributed by atoms with Gasteiger partial charge in [0.1, 0.15) is 5.69 Å². The first kappa shape index (κ1) is 7.90. The summed E-state index contributed by atoms with van der Waals surface area (Å²) in [6.45, 7) is 0. The van der Waals surface area contributed by atoms with E-state index in [0.29, 0.717) is 0 Å². The molecule has 0 radical (unpaired) electrons. The van der Waals surface area contributed by atoms with E-state index in [1.54, 1.807) is 0 Å². The number of nitrogens with zero attached hydrogens (tertiary/aromatic N) is 1. The second-order valence-electron chi connectivity index (χ2n) is 1.86. The van der Waals surface area contributed by atoms with Crippen molar-refractivity contribution in [3.05, 3.63) is 29.8 Å². The molecule has 0 spiro atoms. The molecule has 0 aliphatic carbocycles. The number of halogens is 2. The van der Waals surface area contributed by atoms with Gasteiger partial charge in [0.05, 0.1) is 0 Å². The van der Waals surface area contributed by atoms with Crippen LogP contribution in [0.2, 0.25) is 0 Å². The predicted octanol–water partition coefficient (Wildman–Crippen LogP) is 1.55. The molecule has 0 fully saturated rings. The largest absolute Gasteiger partial charge is 0.264 e. The highest BCUT2D eigenvalue weighted by Gasteiger charge is 2.10. The molecule has 0 aliphatic heterocycles. The van der Waals surface area contributed by atoms with Crippen LogP contribution in [-0.4, -0.2) is 10.4 Å². The number of rotatable bonds is 1. The van der Waals surface area contributed by atoms with Crippen molar-refractivity contribution in [1.82, 2.24) is 0 Å². The topological polar surface area (TPSA) is 43.7 Å². The van der Waals surface area contributed by atoms with E-state index in [2.05, 4.69) is 0 Å². The summed E-state index contributed by atoms with van der Waals surface area (Å²) >= 11 is 0. The molecule has 0 unspecified atom stereocenters. The summed E-state index contributed by atoms with van der Waals surface area (Å²) in [5.41, 5.74) is -0.620. The lowest BCUT2D eigenvalue weighted by Crippen LogP contribution is -2.13. The fourth-order valence-electron chi connectivity index (χ4n) is 0.647. The smallest absolute Gasteiger partial charge is 0.187 e. The van der Waals surface area contributed by atoms with Crippen molar-refractivity contribution in [2.24, 2.45) is 0 Å². The lowest BCUT2D eigenvalue weighted by molar-refractivity contribution is 0.0269. The Labute approximate surface area is 61.0 Å². The van der Waals surface area contributed by atoms with Crippen LogP contribution in [0.5, 0.6) is 0 Å². The fourth-order valence-corrected chi connectivity index (χ4v) is 0.647. The molecule has 0 aromatic heterocycles. The van der Waals surface area contributed by atoms with Crippen molar-refractivity contribution < 1.29 is 19.2 Å². The van der Waals surface area contributed by atoms with Crippen molar-refractivity contribution in [1.29, 1.82) is 0 Å². The first-order valence-corrected chi connectivity index (χ1v) is 2.75. The molecule has 1 aromatic carbocycles. The first-order chi connectivity index (χ1) is 5.13. The van der Waals surface area contributed by atoms with Gasteiger partial charge in [-0.25, -0.2) is 8.78 Å². The van der Waals surface area contributed by atoms with Gasteiger partial charge in [-0.1, -0.05) is 6.07 Å². The van der Waals surface area contributed by atoms with Crippen molar-refractivity contribution in [3.63, 3.8) is 0 Å². The van der Waals surface area contributed by atoms with Crippen LogP contribution in [0.3, 0.4) is 0 Å². The van der Waals surface area contributed by atoms with E-state index >= 15 is 0 Å². The molecule has 0 aliphatic rings. The molecule has 0 bridgehead atoms. The van der Waals surface area contributed by atoms with Crippen LogP contribution in [-0.2, 0) is 0 Å². The summed E-state index contributed by atoms with van der Waals surface area (Å²) in [6.07, 6.45) is 0. The second kappa shape index (κ2) is 2.81. The van der Waals surface area contributed by atoms with Crippen molar-refractivity contribution in [2.75, 3.05) is 5.23 Å². The van der Waals surface area contributed by atoms with E-state index in [-0.39, 0.29) is 0 Å². The molecular formula is C6H5F2NO2. The molecule has 0 atom stereocenters. The van der Waals surface area contributed by atoms with Crippen LogP contribution in [0.25, 0.3) is 0 Å². The van der Waals surface area contributed by atoms with Gasteiger partial charge < -0.3 is 0 Å². The maximum Gasteiger partial charge on any atom is 0.187 e. The minimum absolute atomic E-state index is 0.474. The zero-order valence-corrected chi connectivity index (χ0v) is 5.33. The Morgan fingerprint density at radius 1 is 1.18 bits per heavy atom. The van der Waals surface area contributed by atoms with E-state index < -0.39 is 22.5 Å². The maximum absolute atomic E-state index is 12.5. The minimum atomic E-state index is -1.29. The molecule has 3 nitrogen and oxygen atoms in total. The van der Waals surface area contributed by atoms with E-state index in [9.17, 15) is 8.78 Å². The van der Waals surface area contributed by atoms with Crippen LogP contribution in [0.15, 0.2) is 18.2 Å². The third-order valence-electron chi connectivity index (χ3n) is 1.15. The summed E-state index contributed by atoms with van der Waals surface area (Å²) in [4.78, 5) is 0. The van der Waals surface area contributed by atoms with Gasteiger partial charge in [-0.3, -0.25) is 10.4 Å². The van der Waals surface area contributed by atoms with Crippen molar-refractivity contribution in [3.8, 4) is 0 Å². The van der Waals surface area contributed by atoms with Crippen molar-refractivity contribution >= 4 is 5.69 Å². The molecule has 1 aromatic rings. The fraction of sp³-hybridized carbons (Fsp3) is 0. The highest BCUT2D eigenvalue weighted by atomic mass is 19.2. The zero-order chi connectivity index (χ0) is 8.43. The van der Waals surface area contributed by atoms with E-state index in [1.165, 1.54) is 0 Å². The lowest BCUT2D eigenvalue weighted by atomic mass is 10.3. The van der Waals surface area contributed by atoms with Crippen molar-refractivity contribution in [2.45, 2.75) is 0 Å². The summed E-state index contributed by atoms with van der Waals surface area (Å²) in [5.74, 6) is -2.42. The van der Waals surface area contributed by atoms with E-state index in [1.807, 2.05) is 0 Å². The Morgan fingerprint density at radius 2 is 1.82 bits per heavy atom. The van der Waals surface area contributed by atoms with Crippen LogP contribution < -0.4 is 5.23 Å². The third-order valence-corrected chi connectivity index (χ3v) is 1.15. The lowest BCUT2D eigenvalue weighted by Gasteiger charge is -2.07. The van der Waals surface area contributed by atoms with Gasteiger partial charge in [-0.15, -0.1) is 5.23 Å². The maximum atomic E-state index is 12.5. The number of hydrogen-bond donors (Lipinski definition) is 2. The summed E-state index contributed by atoms with van der Waals surface area (Å²) in [6, 6.07) is 3.06. The van der Waals surface area contributed by atoms with E-state index in [4.69, 9.17) is 10.4 Å². The molecule has 5 heteroatoms. The van der Waals surface area contributed by atoms with Crippen LogP contribution >= 0.6 is 0 Å². The quantitative estimate of drug-likeness (QED) is 0.614. The highest BCUT2D eigenvalue weighted by Crippen LogP contribution is 2.18. The average Bonchev–Trinajstić information content (AvgIpc) is 1.94. The minimum Gasteiger partial charge on any atom is -0.264 e. The SMILES string of the molecule is ON(O)c1cccc(F)c1F. The third kappa shape index (κ3) is 1.44. The van der Waals surface area contributed by atoms with E-state index in [0.717, 1.165) is 18.2 Å². The molecule has 11 heavy (non-hydrogen) atoms. The first-order valence-electron chi connectivity index (χ1n) is 2.75. The highest BCUT2D eigenvalue weighted by molar-refractivity contribution is 5.42.